The van der Waals surface area contributed by atoms with Crippen LogP contribution in [0, 0.1) is 11.7 Å². The zero-order chi connectivity index (χ0) is 12.7. The van der Waals surface area contributed by atoms with Gasteiger partial charge in [-0.2, -0.15) is 0 Å². The van der Waals surface area contributed by atoms with Crippen LogP contribution in [0.5, 0.6) is 0 Å². The number of aliphatic hydroxyl groups is 1. The summed E-state index contributed by atoms with van der Waals surface area (Å²) in [5.74, 6) is 0.101. The van der Waals surface area contributed by atoms with Crippen molar-refractivity contribution in [1.29, 1.82) is 0 Å². The van der Waals surface area contributed by atoms with Gasteiger partial charge in [-0.3, -0.25) is 0 Å². The summed E-state index contributed by atoms with van der Waals surface area (Å²) < 4.78 is 13.0. The number of benzene rings is 1. The van der Waals surface area contributed by atoms with Crippen LogP contribution in [0.4, 0.5) is 15.8 Å². The Kier molecular flexibility index (Phi) is 5.77. The van der Waals surface area contributed by atoms with Gasteiger partial charge in [0.15, 0.2) is 0 Å². The van der Waals surface area contributed by atoms with Crippen LogP contribution >= 0.6 is 0 Å². The summed E-state index contributed by atoms with van der Waals surface area (Å²) in [5, 5.41) is 12.1. The summed E-state index contributed by atoms with van der Waals surface area (Å²) in [7, 11) is 0. The molecule has 0 bridgehead atoms. The van der Waals surface area contributed by atoms with Gasteiger partial charge in [-0.25, -0.2) is 4.39 Å². The van der Waals surface area contributed by atoms with Crippen molar-refractivity contribution >= 4 is 11.4 Å². The highest BCUT2D eigenvalue weighted by atomic mass is 19.1. The normalized spacial score (nSPS) is 12.4. The van der Waals surface area contributed by atoms with Crippen molar-refractivity contribution in [1.82, 2.24) is 0 Å². The Bertz CT molecular complexity index is 338. The molecule has 0 saturated heterocycles. The highest BCUT2D eigenvalue weighted by Gasteiger charge is 2.08. The number of aliphatic hydroxyl groups excluding tert-OH is 1. The SMILES string of the molecule is CCCC(CCO)CNc1cc(F)ccc1N. The van der Waals surface area contributed by atoms with E-state index >= 15 is 0 Å². The summed E-state index contributed by atoms with van der Waals surface area (Å²) in [5.41, 5.74) is 6.92. The van der Waals surface area contributed by atoms with E-state index < -0.39 is 0 Å². The summed E-state index contributed by atoms with van der Waals surface area (Å²) in [6.45, 7) is 3.01. The van der Waals surface area contributed by atoms with Crippen LogP contribution in [0.2, 0.25) is 0 Å². The second-order valence-electron chi connectivity index (χ2n) is 4.28. The molecule has 0 aliphatic carbocycles. The molecule has 0 fully saturated rings. The highest BCUT2D eigenvalue weighted by Crippen LogP contribution is 2.20. The largest absolute Gasteiger partial charge is 0.397 e. The molecule has 0 aliphatic rings. The van der Waals surface area contributed by atoms with E-state index in [0.717, 1.165) is 19.3 Å². The number of halogens is 1. The molecule has 3 nitrogen and oxygen atoms in total. The molecule has 1 aromatic rings. The Labute approximate surface area is 102 Å². The first-order valence-electron chi connectivity index (χ1n) is 6.07. The lowest BCUT2D eigenvalue weighted by atomic mass is 10.00. The van der Waals surface area contributed by atoms with Crippen molar-refractivity contribution in [2.75, 3.05) is 24.2 Å². The van der Waals surface area contributed by atoms with Crippen LogP contribution in [0.3, 0.4) is 0 Å². The average molecular weight is 240 g/mol. The third-order valence-electron chi connectivity index (χ3n) is 2.83. The Balaban J connectivity index is 2.55. The molecule has 0 aromatic heterocycles. The Hall–Kier alpha value is -1.29. The number of rotatable bonds is 7. The summed E-state index contributed by atoms with van der Waals surface area (Å²) >= 11 is 0. The summed E-state index contributed by atoms with van der Waals surface area (Å²) in [6.07, 6.45) is 2.88. The van der Waals surface area contributed by atoms with E-state index in [2.05, 4.69) is 12.2 Å². The lowest BCUT2D eigenvalue weighted by Gasteiger charge is -2.17. The van der Waals surface area contributed by atoms with Crippen molar-refractivity contribution < 1.29 is 9.50 Å². The standard InChI is InChI=1S/C13H21FN2O/c1-2-3-10(6-7-17)9-16-13-8-11(14)4-5-12(13)15/h4-5,8,10,16-17H,2-3,6-7,9,15H2,1H3. The molecule has 1 rings (SSSR count). The van der Waals surface area contributed by atoms with Crippen LogP contribution in [0.25, 0.3) is 0 Å². The van der Waals surface area contributed by atoms with Crippen LogP contribution < -0.4 is 11.1 Å². The number of nitrogens with one attached hydrogen (secondary N) is 1. The van der Waals surface area contributed by atoms with Crippen LogP contribution in [0.1, 0.15) is 26.2 Å². The predicted octanol–water partition coefficient (Wildman–Crippen LogP) is 2.62. The van der Waals surface area contributed by atoms with Crippen molar-refractivity contribution in [3.8, 4) is 0 Å². The van der Waals surface area contributed by atoms with Crippen molar-refractivity contribution in [3.05, 3.63) is 24.0 Å². The van der Waals surface area contributed by atoms with Gasteiger partial charge in [-0.15, -0.1) is 0 Å². The van der Waals surface area contributed by atoms with Gasteiger partial charge in [0.25, 0.3) is 0 Å². The van der Waals surface area contributed by atoms with Crippen molar-refractivity contribution in [2.24, 2.45) is 5.92 Å². The fourth-order valence-corrected chi connectivity index (χ4v) is 1.88. The van der Waals surface area contributed by atoms with E-state index in [1.54, 1.807) is 6.07 Å². The number of hydrogen-bond donors (Lipinski definition) is 3. The number of hydrogen-bond acceptors (Lipinski definition) is 3. The van der Waals surface area contributed by atoms with Gasteiger partial charge in [0, 0.05) is 13.2 Å². The van der Waals surface area contributed by atoms with Crippen molar-refractivity contribution in [2.45, 2.75) is 26.2 Å². The lowest BCUT2D eigenvalue weighted by Crippen LogP contribution is -2.16. The van der Waals surface area contributed by atoms with E-state index in [1.807, 2.05) is 0 Å². The van der Waals surface area contributed by atoms with Gasteiger partial charge >= 0.3 is 0 Å². The minimum atomic E-state index is -0.295. The van der Waals surface area contributed by atoms with Crippen LogP contribution in [-0.4, -0.2) is 18.3 Å². The first-order valence-corrected chi connectivity index (χ1v) is 6.07. The molecule has 0 aliphatic heterocycles. The molecule has 0 saturated carbocycles. The summed E-state index contributed by atoms with van der Waals surface area (Å²) in [6, 6.07) is 4.30. The average Bonchev–Trinajstić information content (AvgIpc) is 2.30. The van der Waals surface area contributed by atoms with Crippen LogP contribution in [-0.2, 0) is 0 Å². The third kappa shape index (κ3) is 4.61. The number of anilines is 2. The molecule has 0 radical (unpaired) electrons. The topological polar surface area (TPSA) is 58.3 Å². The predicted molar refractivity (Wildman–Crippen MR) is 69.4 cm³/mol. The van der Waals surface area contributed by atoms with Crippen LogP contribution in [0.15, 0.2) is 18.2 Å². The van der Waals surface area contributed by atoms with E-state index in [0.29, 0.717) is 23.8 Å². The molecule has 0 spiro atoms. The Morgan fingerprint density at radius 1 is 1.41 bits per heavy atom. The first kappa shape index (κ1) is 13.8. The second-order valence-corrected chi connectivity index (χ2v) is 4.28. The molecule has 0 heterocycles. The maximum atomic E-state index is 13.0. The monoisotopic (exact) mass is 240 g/mol. The number of nitrogens with two attached hydrogens (primary N) is 1. The van der Waals surface area contributed by atoms with E-state index in [1.165, 1.54) is 12.1 Å². The Morgan fingerprint density at radius 3 is 2.82 bits per heavy atom. The van der Waals surface area contributed by atoms with E-state index in [-0.39, 0.29) is 12.4 Å². The molecule has 4 N–H and O–H groups in total. The third-order valence-corrected chi connectivity index (χ3v) is 2.83. The molecule has 4 heteroatoms. The van der Waals surface area contributed by atoms with E-state index in [9.17, 15) is 4.39 Å². The van der Waals surface area contributed by atoms with Gasteiger partial charge < -0.3 is 16.2 Å². The first-order chi connectivity index (χ1) is 8.17. The van der Waals surface area contributed by atoms with Gasteiger partial charge in [0.1, 0.15) is 5.82 Å². The van der Waals surface area contributed by atoms with E-state index in [4.69, 9.17) is 10.8 Å². The second kappa shape index (κ2) is 7.12. The molecule has 17 heavy (non-hydrogen) atoms. The minimum absolute atomic E-state index is 0.185. The van der Waals surface area contributed by atoms with Gasteiger partial charge in [-0.1, -0.05) is 13.3 Å². The fourth-order valence-electron chi connectivity index (χ4n) is 1.88. The molecule has 96 valence electrons. The molecule has 1 aromatic carbocycles. The Morgan fingerprint density at radius 2 is 2.18 bits per heavy atom. The summed E-state index contributed by atoms with van der Waals surface area (Å²) in [4.78, 5) is 0. The highest BCUT2D eigenvalue weighted by molar-refractivity contribution is 5.65. The van der Waals surface area contributed by atoms with Gasteiger partial charge in [-0.05, 0) is 37.0 Å². The maximum Gasteiger partial charge on any atom is 0.125 e. The smallest absolute Gasteiger partial charge is 0.125 e. The minimum Gasteiger partial charge on any atom is -0.397 e. The zero-order valence-corrected chi connectivity index (χ0v) is 10.2. The quantitative estimate of drug-likeness (QED) is 0.642. The van der Waals surface area contributed by atoms with Gasteiger partial charge in [0.2, 0.25) is 0 Å². The molecular weight excluding hydrogens is 219 g/mol. The van der Waals surface area contributed by atoms with Gasteiger partial charge in [0.05, 0.1) is 11.4 Å². The number of nitrogen functional groups attached to an aromatic ring is 1. The zero-order valence-electron chi connectivity index (χ0n) is 10.2. The maximum absolute atomic E-state index is 13.0. The molecule has 1 unspecified atom stereocenters. The molecular formula is C13H21FN2O. The lowest BCUT2D eigenvalue weighted by molar-refractivity contribution is 0.255. The molecule has 1 atom stereocenters. The fraction of sp³-hybridized carbons (Fsp3) is 0.538. The van der Waals surface area contributed by atoms with Crippen molar-refractivity contribution in [3.63, 3.8) is 0 Å². The molecule has 0 amide bonds.